The van der Waals surface area contributed by atoms with Gasteiger partial charge in [0.05, 0.1) is 0 Å². The maximum absolute atomic E-state index is 7.81. The molecule has 3 aromatic heterocycles. The van der Waals surface area contributed by atoms with Crippen molar-refractivity contribution < 1.29 is 4.34 Å². The Hall–Kier alpha value is -6.42. The molecule has 0 atom stereocenters. The van der Waals surface area contributed by atoms with Crippen molar-refractivity contribution in [3.05, 3.63) is 164 Å². The number of rotatable bonds is 6. The molecule has 0 amide bonds. The second-order valence-corrected chi connectivity index (χ2v) is 16.8. The lowest BCUT2D eigenvalue weighted by Crippen LogP contribution is -2.71. The lowest BCUT2D eigenvalue weighted by Gasteiger charge is -2.35. The van der Waals surface area contributed by atoms with Gasteiger partial charge in [0.1, 0.15) is 22.6 Å². The lowest BCUT2D eigenvalue weighted by molar-refractivity contribution is 0.585. The van der Waals surface area contributed by atoms with E-state index in [1.807, 2.05) is 25.2 Å². The van der Waals surface area contributed by atoms with Gasteiger partial charge in [0.2, 0.25) is 0 Å². The number of fused-ring (bicyclic) bond motifs is 15. The maximum atomic E-state index is 7.81. The number of hydrogen-bond acceptors (Lipinski definition) is 5. The SMILES string of the molecule is CB(O[Si](c1ccccc1)(c1ccccc1)c1ccccc1)n1c2nc3nc(nc4c5ccccc5c(nc1c1ccccc12)n4C)-c1ccccc1-3. The molecule has 0 fully saturated rings. The molecule has 0 unspecified atom stereocenters. The molecule has 0 spiro atoms. The Morgan fingerprint density at radius 3 is 1.26 bits per heavy atom. The summed E-state index contributed by atoms with van der Waals surface area (Å²) in [7, 11) is -1.65. The highest BCUT2D eigenvalue weighted by molar-refractivity contribution is 7.09. The average molecular weight is 701 g/mol. The van der Waals surface area contributed by atoms with Crippen LogP contribution in [0.15, 0.2) is 164 Å². The Bertz CT molecular complexity index is 2820. The van der Waals surface area contributed by atoms with Gasteiger partial charge in [0.25, 0.3) is 8.32 Å². The number of aromatic nitrogens is 6. The van der Waals surface area contributed by atoms with Crippen LogP contribution in [0, 0.1) is 0 Å². The van der Waals surface area contributed by atoms with Crippen molar-refractivity contribution in [3.8, 4) is 22.8 Å². The van der Waals surface area contributed by atoms with E-state index in [4.69, 9.17) is 24.3 Å². The molecule has 0 aliphatic carbocycles. The predicted molar refractivity (Wildman–Crippen MR) is 219 cm³/mol. The van der Waals surface area contributed by atoms with E-state index in [2.05, 4.69) is 161 Å². The van der Waals surface area contributed by atoms with E-state index in [1.54, 1.807) is 0 Å². The van der Waals surface area contributed by atoms with Crippen LogP contribution >= 0.6 is 0 Å². The Kier molecular flexibility index (Phi) is 7.31. The van der Waals surface area contributed by atoms with Gasteiger partial charge in [-0.2, -0.15) is 0 Å². The standard InChI is InChI=1S/C44H33BN6OSi/c1-45(52-53(30-18-6-3-7-19-30,31-20-8-4-9-21-31)32-22-10-5-11-23-32)51-43-37-28-16-17-29-38(37)44(51)49-42-36-27-15-14-26-35(36)41(50(42)2)47-39-33-24-12-13-25-34(33)40(46-39)48-43/h3-29H,1-2H3. The molecule has 53 heavy (non-hydrogen) atoms. The van der Waals surface area contributed by atoms with Gasteiger partial charge in [0.15, 0.2) is 11.6 Å². The normalized spacial score (nSPS) is 12.0. The molecule has 9 aromatic rings. The Morgan fingerprint density at radius 2 is 0.792 bits per heavy atom. The lowest BCUT2D eigenvalue weighted by atomic mass is 9.88. The van der Waals surface area contributed by atoms with Crippen LogP contribution in [-0.4, -0.2) is 44.3 Å². The second-order valence-electron chi connectivity index (χ2n) is 13.5. The average Bonchev–Trinajstić information content (AvgIpc) is 3.82. The highest BCUT2D eigenvalue weighted by atomic mass is 28.4. The molecule has 1 aliphatic rings. The summed E-state index contributed by atoms with van der Waals surface area (Å²) < 4.78 is 12.1. The molecule has 1 aliphatic heterocycles. The summed E-state index contributed by atoms with van der Waals surface area (Å²) in [6, 6.07) is 57.0. The molecule has 0 saturated carbocycles. The molecule has 6 aromatic carbocycles. The van der Waals surface area contributed by atoms with Crippen LogP contribution in [0.1, 0.15) is 0 Å². The van der Waals surface area contributed by atoms with E-state index in [0.29, 0.717) is 11.6 Å². The van der Waals surface area contributed by atoms with Crippen molar-refractivity contribution in [1.82, 2.24) is 29.0 Å². The Labute approximate surface area is 307 Å². The molecule has 4 heterocycles. The van der Waals surface area contributed by atoms with Crippen molar-refractivity contribution in [3.63, 3.8) is 0 Å². The first-order chi connectivity index (χ1) is 26.1. The molecule has 252 valence electrons. The molecule has 10 rings (SSSR count). The third kappa shape index (κ3) is 4.85. The highest BCUT2D eigenvalue weighted by Gasteiger charge is 2.44. The first kappa shape index (κ1) is 31.3. The third-order valence-corrected chi connectivity index (χ3v) is 14.6. The fourth-order valence-electron chi connectivity index (χ4n) is 8.01. The van der Waals surface area contributed by atoms with E-state index < -0.39 is 15.4 Å². The van der Waals surface area contributed by atoms with Crippen LogP contribution in [0.25, 0.3) is 66.9 Å². The summed E-state index contributed by atoms with van der Waals surface area (Å²) in [5, 5.41) is 7.42. The largest absolute Gasteiger partial charge is 0.449 e. The van der Waals surface area contributed by atoms with E-state index >= 15 is 0 Å². The van der Waals surface area contributed by atoms with E-state index in [1.165, 1.54) is 0 Å². The van der Waals surface area contributed by atoms with E-state index in [0.717, 1.165) is 70.8 Å². The monoisotopic (exact) mass is 700 g/mol. The number of nitrogens with zero attached hydrogens (tertiary/aromatic N) is 6. The van der Waals surface area contributed by atoms with Gasteiger partial charge in [-0.05, 0) is 22.4 Å². The van der Waals surface area contributed by atoms with E-state index in [9.17, 15) is 0 Å². The van der Waals surface area contributed by atoms with Crippen LogP contribution in [0.4, 0.5) is 0 Å². The molecular formula is C44H33BN6OSi. The first-order valence-corrected chi connectivity index (χ1v) is 19.8. The zero-order chi connectivity index (χ0) is 35.5. The zero-order valence-corrected chi connectivity index (χ0v) is 30.3. The Morgan fingerprint density at radius 1 is 0.434 bits per heavy atom. The van der Waals surface area contributed by atoms with Crippen LogP contribution in [-0.2, 0) is 11.4 Å². The molecule has 7 nitrogen and oxygen atoms in total. The molecule has 6 bridgehead atoms. The molecule has 0 N–H and O–H groups in total. The fourth-order valence-corrected chi connectivity index (χ4v) is 12.0. The van der Waals surface area contributed by atoms with Gasteiger partial charge < -0.3 is 13.4 Å². The van der Waals surface area contributed by atoms with Gasteiger partial charge in [-0.3, -0.25) is 0 Å². The predicted octanol–water partition coefficient (Wildman–Crippen LogP) is 7.44. The fraction of sp³-hybridized carbons (Fsp3) is 0.0455. The molecular weight excluding hydrogens is 667 g/mol. The third-order valence-electron chi connectivity index (χ3n) is 10.4. The smallest absolute Gasteiger partial charge is 0.409 e. The van der Waals surface area contributed by atoms with Crippen LogP contribution < -0.4 is 15.6 Å². The minimum atomic E-state index is -3.16. The van der Waals surface area contributed by atoms with Crippen molar-refractivity contribution >= 4 is 75.1 Å². The number of benzene rings is 6. The highest BCUT2D eigenvalue weighted by Crippen LogP contribution is 2.36. The molecule has 0 saturated heterocycles. The minimum Gasteiger partial charge on any atom is -0.449 e. The summed E-state index contributed by atoms with van der Waals surface area (Å²) in [5.74, 6) is 1.24. The topological polar surface area (TPSA) is 70.7 Å². The van der Waals surface area contributed by atoms with Crippen molar-refractivity contribution in [2.75, 3.05) is 0 Å². The minimum absolute atomic E-state index is 0.522. The maximum Gasteiger partial charge on any atom is 0.409 e. The van der Waals surface area contributed by atoms with Crippen molar-refractivity contribution in [2.24, 2.45) is 7.05 Å². The second kappa shape index (κ2) is 12.4. The van der Waals surface area contributed by atoms with Gasteiger partial charge in [-0.1, -0.05) is 164 Å². The van der Waals surface area contributed by atoms with Gasteiger partial charge in [-0.25, -0.2) is 19.9 Å². The van der Waals surface area contributed by atoms with Crippen LogP contribution in [0.2, 0.25) is 6.82 Å². The van der Waals surface area contributed by atoms with Crippen LogP contribution in [0.5, 0.6) is 0 Å². The summed E-state index contributed by atoms with van der Waals surface area (Å²) in [5.41, 5.74) is 4.98. The number of hydrogen-bond donors (Lipinski definition) is 0. The van der Waals surface area contributed by atoms with E-state index in [-0.39, 0.29) is 0 Å². The summed E-state index contributed by atoms with van der Waals surface area (Å²) in [6.07, 6.45) is 0. The summed E-state index contributed by atoms with van der Waals surface area (Å²) >= 11 is 0. The quantitative estimate of drug-likeness (QED) is 0.133. The summed E-state index contributed by atoms with van der Waals surface area (Å²) in [6.45, 7) is 2.13. The zero-order valence-electron chi connectivity index (χ0n) is 29.3. The van der Waals surface area contributed by atoms with Crippen molar-refractivity contribution in [1.29, 1.82) is 0 Å². The first-order valence-electron chi connectivity index (χ1n) is 17.9. The van der Waals surface area contributed by atoms with Gasteiger partial charge in [-0.15, -0.1) is 0 Å². The van der Waals surface area contributed by atoms with Gasteiger partial charge >= 0.3 is 7.05 Å². The number of aryl methyl sites for hydroxylation is 1. The van der Waals surface area contributed by atoms with Crippen molar-refractivity contribution in [2.45, 2.75) is 6.82 Å². The summed E-state index contributed by atoms with van der Waals surface area (Å²) in [4.78, 5) is 21.3. The Balaban J connectivity index is 1.36. The molecule has 0 radical (unpaired) electrons. The molecule has 9 heteroatoms. The van der Waals surface area contributed by atoms with Gasteiger partial charge in [0, 0.05) is 39.7 Å². The van der Waals surface area contributed by atoms with Crippen LogP contribution in [0.3, 0.4) is 0 Å².